The van der Waals surface area contributed by atoms with Crippen molar-refractivity contribution in [3.63, 3.8) is 0 Å². The summed E-state index contributed by atoms with van der Waals surface area (Å²) in [4.78, 5) is 19.6. The van der Waals surface area contributed by atoms with Crippen LogP contribution in [0.4, 0.5) is 18.9 Å². The van der Waals surface area contributed by atoms with Crippen LogP contribution in [0, 0.1) is 0 Å². The molecule has 27 heavy (non-hydrogen) atoms. The number of nitrogens with one attached hydrogen (secondary N) is 2. The molecule has 0 saturated heterocycles. The number of aromatic nitrogens is 1. The maximum atomic E-state index is 12.4. The second-order valence-electron chi connectivity index (χ2n) is 4.93. The van der Waals surface area contributed by atoms with Crippen molar-refractivity contribution < 1.29 is 22.7 Å². The van der Waals surface area contributed by atoms with Crippen LogP contribution in [0.5, 0.6) is 5.75 Å². The Morgan fingerprint density at radius 3 is 2.63 bits per heavy atom. The number of guanidine groups is 1. The minimum atomic E-state index is -4.82. The van der Waals surface area contributed by atoms with Gasteiger partial charge in [-0.2, -0.15) is 0 Å². The standard InChI is InChI=1S/C16H16F3N5O2.HI/c17-16(18,19)26-13-6-2-1-5-12(13)24-15(20)23-9-8-22-14(25)11-4-3-7-21-10-11;/h1-7,10H,8-9H2,(H,22,25)(H3,20,23,24);1H. The van der Waals surface area contributed by atoms with Gasteiger partial charge in [0.25, 0.3) is 5.91 Å². The Morgan fingerprint density at radius 1 is 1.22 bits per heavy atom. The smallest absolute Gasteiger partial charge is 0.404 e. The largest absolute Gasteiger partial charge is 0.573 e. The van der Waals surface area contributed by atoms with Crippen molar-refractivity contribution in [2.45, 2.75) is 6.36 Å². The highest BCUT2D eigenvalue weighted by molar-refractivity contribution is 14.0. The molecule has 1 aromatic heterocycles. The highest BCUT2D eigenvalue weighted by Crippen LogP contribution is 2.29. The fourth-order valence-corrected chi connectivity index (χ4v) is 1.91. The van der Waals surface area contributed by atoms with Gasteiger partial charge in [-0.15, -0.1) is 37.1 Å². The highest BCUT2D eigenvalue weighted by atomic mass is 127. The summed E-state index contributed by atoms with van der Waals surface area (Å²) in [5.74, 6) is -0.856. The number of hydrogen-bond donors (Lipinski definition) is 3. The van der Waals surface area contributed by atoms with Crippen LogP contribution in [0.25, 0.3) is 0 Å². The lowest BCUT2D eigenvalue weighted by molar-refractivity contribution is -0.274. The van der Waals surface area contributed by atoms with Gasteiger partial charge in [0.2, 0.25) is 0 Å². The molecule has 0 aliphatic rings. The molecule has 146 valence electrons. The third-order valence-electron chi connectivity index (χ3n) is 2.98. The van der Waals surface area contributed by atoms with Crippen LogP contribution in [0.2, 0.25) is 0 Å². The van der Waals surface area contributed by atoms with Gasteiger partial charge in [-0.05, 0) is 24.3 Å². The second kappa shape index (κ2) is 10.5. The molecule has 0 aliphatic carbocycles. The van der Waals surface area contributed by atoms with Crippen molar-refractivity contribution in [1.29, 1.82) is 0 Å². The molecule has 2 rings (SSSR count). The van der Waals surface area contributed by atoms with E-state index < -0.39 is 12.1 Å². The number of pyridine rings is 1. The third-order valence-corrected chi connectivity index (χ3v) is 2.98. The van der Waals surface area contributed by atoms with E-state index in [1.54, 1.807) is 18.3 Å². The first kappa shape index (κ1) is 22.5. The quantitative estimate of drug-likeness (QED) is 0.248. The molecule has 0 fully saturated rings. The maximum absolute atomic E-state index is 12.4. The lowest BCUT2D eigenvalue weighted by Crippen LogP contribution is -2.28. The molecule has 0 spiro atoms. The van der Waals surface area contributed by atoms with Crippen molar-refractivity contribution in [2.75, 3.05) is 18.4 Å². The Balaban J connectivity index is 0.00000364. The number of carbonyl (C=O) groups excluding carboxylic acids is 1. The molecule has 0 radical (unpaired) electrons. The number of hydrogen-bond acceptors (Lipinski definition) is 4. The van der Waals surface area contributed by atoms with E-state index in [2.05, 4.69) is 25.3 Å². The molecular weight excluding hydrogens is 478 g/mol. The fraction of sp³-hybridized carbons (Fsp3) is 0.188. The number of alkyl halides is 3. The monoisotopic (exact) mass is 495 g/mol. The first-order valence-electron chi connectivity index (χ1n) is 7.45. The fourth-order valence-electron chi connectivity index (χ4n) is 1.91. The van der Waals surface area contributed by atoms with E-state index in [-0.39, 0.29) is 54.6 Å². The van der Waals surface area contributed by atoms with Crippen molar-refractivity contribution in [2.24, 2.45) is 10.7 Å². The molecule has 1 aromatic carbocycles. The Kier molecular flexibility index (Phi) is 8.78. The van der Waals surface area contributed by atoms with E-state index in [0.717, 1.165) is 6.07 Å². The average molecular weight is 495 g/mol. The molecule has 0 saturated carbocycles. The number of nitrogens with two attached hydrogens (primary N) is 1. The molecule has 4 N–H and O–H groups in total. The summed E-state index contributed by atoms with van der Waals surface area (Å²) in [7, 11) is 0. The normalized spacial score (nSPS) is 11.3. The lowest BCUT2D eigenvalue weighted by Gasteiger charge is -2.14. The Bertz CT molecular complexity index is 772. The summed E-state index contributed by atoms with van der Waals surface area (Å²) in [6, 6.07) is 8.68. The van der Waals surface area contributed by atoms with Gasteiger partial charge in [-0.1, -0.05) is 12.1 Å². The molecule has 1 heterocycles. The van der Waals surface area contributed by atoms with Crippen LogP contribution in [0.3, 0.4) is 0 Å². The first-order chi connectivity index (χ1) is 12.3. The number of benzene rings is 1. The zero-order chi connectivity index (χ0) is 19.0. The zero-order valence-electron chi connectivity index (χ0n) is 13.9. The van der Waals surface area contributed by atoms with Crippen molar-refractivity contribution >= 4 is 41.5 Å². The van der Waals surface area contributed by atoms with E-state index in [1.165, 1.54) is 24.4 Å². The molecule has 2 aromatic rings. The molecule has 1 amide bonds. The number of carbonyl (C=O) groups is 1. The molecule has 0 atom stereocenters. The predicted molar refractivity (Wildman–Crippen MR) is 105 cm³/mol. The van der Waals surface area contributed by atoms with Crippen LogP contribution in [-0.4, -0.2) is 36.3 Å². The van der Waals surface area contributed by atoms with E-state index in [1.807, 2.05) is 0 Å². The number of aliphatic imine (C=N–C) groups is 1. The zero-order valence-corrected chi connectivity index (χ0v) is 16.2. The molecule has 0 aliphatic heterocycles. The number of para-hydroxylation sites is 2. The van der Waals surface area contributed by atoms with Crippen LogP contribution in [0.15, 0.2) is 53.8 Å². The minimum Gasteiger partial charge on any atom is -0.404 e. The van der Waals surface area contributed by atoms with Gasteiger partial charge >= 0.3 is 6.36 Å². The first-order valence-corrected chi connectivity index (χ1v) is 7.45. The number of nitrogens with zero attached hydrogens (tertiary/aromatic N) is 2. The van der Waals surface area contributed by atoms with Gasteiger partial charge in [-0.25, -0.2) is 0 Å². The SMILES string of the molecule is I.NC(=NCCNC(=O)c1cccnc1)Nc1ccccc1OC(F)(F)F. The van der Waals surface area contributed by atoms with E-state index in [0.29, 0.717) is 5.56 Å². The summed E-state index contributed by atoms with van der Waals surface area (Å²) in [6.07, 6.45) is -1.85. The van der Waals surface area contributed by atoms with Gasteiger partial charge in [0.1, 0.15) is 0 Å². The number of amides is 1. The summed E-state index contributed by atoms with van der Waals surface area (Å²) in [6.45, 7) is 0.323. The second-order valence-corrected chi connectivity index (χ2v) is 4.93. The topological polar surface area (TPSA) is 102 Å². The Hall–Kier alpha value is -2.57. The van der Waals surface area contributed by atoms with Gasteiger partial charge in [-0.3, -0.25) is 14.8 Å². The van der Waals surface area contributed by atoms with E-state index in [4.69, 9.17) is 5.73 Å². The summed E-state index contributed by atoms with van der Waals surface area (Å²) in [5, 5.41) is 5.15. The van der Waals surface area contributed by atoms with Crippen LogP contribution < -0.4 is 21.1 Å². The molecule has 11 heteroatoms. The third kappa shape index (κ3) is 8.11. The molecule has 0 unspecified atom stereocenters. The molecule has 0 bridgehead atoms. The number of ether oxygens (including phenoxy) is 1. The predicted octanol–water partition coefficient (Wildman–Crippen LogP) is 2.75. The van der Waals surface area contributed by atoms with E-state index >= 15 is 0 Å². The number of anilines is 1. The van der Waals surface area contributed by atoms with Gasteiger partial charge in [0.15, 0.2) is 11.7 Å². The van der Waals surface area contributed by atoms with Crippen LogP contribution >= 0.6 is 24.0 Å². The Labute approximate surface area is 170 Å². The van der Waals surface area contributed by atoms with Gasteiger partial charge in [0, 0.05) is 18.9 Å². The van der Waals surface area contributed by atoms with Crippen molar-refractivity contribution in [1.82, 2.24) is 10.3 Å². The summed E-state index contributed by atoms with van der Waals surface area (Å²) in [5.41, 5.74) is 6.07. The summed E-state index contributed by atoms with van der Waals surface area (Å²) >= 11 is 0. The van der Waals surface area contributed by atoms with Crippen molar-refractivity contribution in [3.8, 4) is 5.75 Å². The van der Waals surface area contributed by atoms with Gasteiger partial charge < -0.3 is 21.1 Å². The molecular formula is C16H17F3IN5O2. The highest BCUT2D eigenvalue weighted by Gasteiger charge is 2.32. The van der Waals surface area contributed by atoms with Gasteiger partial charge in [0.05, 0.1) is 17.8 Å². The van der Waals surface area contributed by atoms with Crippen molar-refractivity contribution in [3.05, 3.63) is 54.4 Å². The van der Waals surface area contributed by atoms with Crippen LogP contribution in [-0.2, 0) is 0 Å². The maximum Gasteiger partial charge on any atom is 0.573 e. The number of rotatable bonds is 6. The summed E-state index contributed by atoms with van der Waals surface area (Å²) < 4.78 is 41.0. The van der Waals surface area contributed by atoms with Crippen LogP contribution in [0.1, 0.15) is 10.4 Å². The average Bonchev–Trinajstić information content (AvgIpc) is 2.60. The molecule has 7 nitrogen and oxygen atoms in total. The minimum absolute atomic E-state index is 0. The number of halogens is 4. The Morgan fingerprint density at radius 2 is 1.96 bits per heavy atom. The van der Waals surface area contributed by atoms with E-state index in [9.17, 15) is 18.0 Å². The lowest BCUT2D eigenvalue weighted by atomic mass is 10.3.